The summed E-state index contributed by atoms with van der Waals surface area (Å²) in [6.45, 7) is 0. The SMILES string of the molecule is Cn1ncc2cc(C=O)n(C=O)c21. The molecular formula is C8H7N3O2. The summed E-state index contributed by atoms with van der Waals surface area (Å²) in [6.07, 6.45) is 2.87. The first kappa shape index (κ1) is 7.72. The predicted octanol–water partition coefficient (Wildman–Crippen LogP) is 0.226. The Kier molecular flexibility index (Phi) is 1.51. The number of aryl methyl sites for hydroxylation is 1. The topological polar surface area (TPSA) is 56.9 Å². The zero-order valence-corrected chi connectivity index (χ0v) is 6.97. The van der Waals surface area contributed by atoms with Gasteiger partial charge in [-0.05, 0) is 6.07 Å². The second kappa shape index (κ2) is 2.55. The average molecular weight is 177 g/mol. The molecule has 0 aliphatic heterocycles. The average Bonchev–Trinajstić information content (AvgIpc) is 2.65. The van der Waals surface area contributed by atoms with Gasteiger partial charge in [0.25, 0.3) is 0 Å². The fraction of sp³-hybridized carbons (Fsp3) is 0.125. The van der Waals surface area contributed by atoms with Gasteiger partial charge < -0.3 is 0 Å². The van der Waals surface area contributed by atoms with E-state index in [0.29, 0.717) is 24.0 Å². The van der Waals surface area contributed by atoms with E-state index in [9.17, 15) is 9.59 Å². The number of aromatic nitrogens is 3. The molecular weight excluding hydrogens is 170 g/mol. The number of hydrogen-bond donors (Lipinski definition) is 0. The zero-order chi connectivity index (χ0) is 9.42. The molecule has 0 aliphatic rings. The molecule has 0 atom stereocenters. The second-order valence-electron chi connectivity index (χ2n) is 2.71. The molecule has 0 fully saturated rings. The Hall–Kier alpha value is -1.91. The zero-order valence-electron chi connectivity index (χ0n) is 6.97. The van der Waals surface area contributed by atoms with Gasteiger partial charge in [-0.2, -0.15) is 5.10 Å². The van der Waals surface area contributed by atoms with E-state index in [4.69, 9.17) is 0 Å². The first-order valence-corrected chi connectivity index (χ1v) is 3.71. The van der Waals surface area contributed by atoms with Crippen LogP contribution in [0.4, 0.5) is 0 Å². The Balaban J connectivity index is 2.91. The van der Waals surface area contributed by atoms with E-state index in [1.807, 2.05) is 0 Å². The smallest absolute Gasteiger partial charge is 0.220 e. The van der Waals surface area contributed by atoms with Crippen molar-refractivity contribution in [3.63, 3.8) is 0 Å². The lowest BCUT2D eigenvalue weighted by molar-refractivity contribution is 0.111. The number of nitrogens with zero attached hydrogens (tertiary/aromatic N) is 3. The van der Waals surface area contributed by atoms with Crippen LogP contribution >= 0.6 is 0 Å². The highest BCUT2D eigenvalue weighted by Crippen LogP contribution is 2.15. The summed E-state index contributed by atoms with van der Waals surface area (Å²) < 4.78 is 2.83. The molecule has 2 aromatic heterocycles. The molecule has 0 radical (unpaired) electrons. The largest absolute Gasteiger partial charge is 0.296 e. The lowest BCUT2D eigenvalue weighted by atomic mass is 10.4. The molecule has 0 aliphatic carbocycles. The number of carbonyl (C=O) groups is 2. The highest BCUT2D eigenvalue weighted by Gasteiger charge is 2.10. The molecule has 0 aromatic carbocycles. The van der Waals surface area contributed by atoms with Gasteiger partial charge >= 0.3 is 0 Å². The molecule has 0 N–H and O–H groups in total. The molecule has 0 unspecified atom stereocenters. The van der Waals surface area contributed by atoms with Crippen LogP contribution in [-0.4, -0.2) is 27.0 Å². The van der Waals surface area contributed by atoms with Crippen molar-refractivity contribution in [3.8, 4) is 0 Å². The van der Waals surface area contributed by atoms with Gasteiger partial charge in [-0.3, -0.25) is 18.8 Å². The van der Waals surface area contributed by atoms with Gasteiger partial charge in [0.15, 0.2) is 6.29 Å². The van der Waals surface area contributed by atoms with Crippen LogP contribution in [0.2, 0.25) is 0 Å². The van der Waals surface area contributed by atoms with Gasteiger partial charge in [0.05, 0.1) is 11.9 Å². The fourth-order valence-corrected chi connectivity index (χ4v) is 1.40. The minimum absolute atomic E-state index is 0.345. The highest BCUT2D eigenvalue weighted by molar-refractivity contribution is 5.91. The Bertz CT molecular complexity index is 481. The maximum absolute atomic E-state index is 10.7. The van der Waals surface area contributed by atoms with Gasteiger partial charge in [0, 0.05) is 12.4 Å². The van der Waals surface area contributed by atoms with E-state index in [0.717, 1.165) is 5.39 Å². The maximum Gasteiger partial charge on any atom is 0.220 e. The molecule has 2 heterocycles. The fourth-order valence-electron chi connectivity index (χ4n) is 1.40. The first-order valence-electron chi connectivity index (χ1n) is 3.71. The summed E-state index contributed by atoms with van der Waals surface area (Å²) in [5.41, 5.74) is 0.982. The number of hydrogen-bond acceptors (Lipinski definition) is 3. The normalized spacial score (nSPS) is 10.5. The third kappa shape index (κ3) is 0.900. The number of fused-ring (bicyclic) bond motifs is 1. The molecule has 2 aromatic rings. The van der Waals surface area contributed by atoms with Crippen LogP contribution in [0.3, 0.4) is 0 Å². The third-order valence-electron chi connectivity index (χ3n) is 1.97. The molecule has 5 nitrogen and oxygen atoms in total. The van der Waals surface area contributed by atoms with Gasteiger partial charge in [0.2, 0.25) is 6.41 Å². The van der Waals surface area contributed by atoms with Crippen LogP contribution < -0.4 is 0 Å². The van der Waals surface area contributed by atoms with Crippen LogP contribution in [0, 0.1) is 0 Å². The van der Waals surface area contributed by atoms with E-state index in [1.54, 1.807) is 24.0 Å². The summed E-state index contributed by atoms with van der Waals surface area (Å²) in [5.74, 6) is 0. The summed E-state index contributed by atoms with van der Waals surface area (Å²) in [4.78, 5) is 21.2. The number of rotatable bonds is 2. The quantitative estimate of drug-likeness (QED) is 0.617. The standard InChI is InChI=1S/C8H7N3O2/c1-10-8-6(3-9-10)2-7(4-12)11(8)5-13/h2-5H,1H3. The second-order valence-corrected chi connectivity index (χ2v) is 2.71. The molecule has 66 valence electrons. The van der Waals surface area contributed by atoms with Crippen molar-refractivity contribution in [2.75, 3.05) is 0 Å². The van der Waals surface area contributed by atoms with Crippen molar-refractivity contribution in [1.29, 1.82) is 0 Å². The molecule has 0 spiro atoms. The predicted molar refractivity (Wildman–Crippen MR) is 46.2 cm³/mol. The number of carbonyl (C=O) groups excluding carboxylic acids is 2. The third-order valence-corrected chi connectivity index (χ3v) is 1.97. The Morgan fingerprint density at radius 3 is 2.85 bits per heavy atom. The molecule has 2 rings (SSSR count). The Morgan fingerprint density at radius 1 is 1.46 bits per heavy atom. The molecule has 0 saturated carbocycles. The lowest BCUT2D eigenvalue weighted by Gasteiger charge is -1.96. The molecule has 0 saturated heterocycles. The molecule has 0 bridgehead atoms. The monoisotopic (exact) mass is 177 g/mol. The van der Waals surface area contributed by atoms with Gasteiger partial charge in [0.1, 0.15) is 5.65 Å². The summed E-state index contributed by atoms with van der Waals surface area (Å²) in [6, 6.07) is 1.63. The number of aldehydes is 1. The lowest BCUT2D eigenvalue weighted by Crippen LogP contribution is -2.04. The van der Waals surface area contributed by atoms with Gasteiger partial charge in [-0.25, -0.2) is 0 Å². The maximum atomic E-state index is 10.7. The Labute approximate surface area is 73.6 Å². The summed E-state index contributed by atoms with van der Waals surface area (Å²) >= 11 is 0. The van der Waals surface area contributed by atoms with Crippen LogP contribution in [0.5, 0.6) is 0 Å². The molecule has 13 heavy (non-hydrogen) atoms. The Morgan fingerprint density at radius 2 is 2.23 bits per heavy atom. The van der Waals surface area contributed by atoms with Crippen LogP contribution in [-0.2, 0) is 11.8 Å². The van der Waals surface area contributed by atoms with E-state index >= 15 is 0 Å². The van der Waals surface area contributed by atoms with Gasteiger partial charge in [-0.15, -0.1) is 0 Å². The van der Waals surface area contributed by atoms with E-state index < -0.39 is 0 Å². The van der Waals surface area contributed by atoms with Crippen LogP contribution in [0.25, 0.3) is 11.0 Å². The van der Waals surface area contributed by atoms with Crippen molar-refractivity contribution in [2.45, 2.75) is 0 Å². The molecule has 0 amide bonds. The first-order chi connectivity index (χ1) is 6.27. The summed E-state index contributed by atoms with van der Waals surface area (Å²) in [7, 11) is 1.72. The van der Waals surface area contributed by atoms with Crippen LogP contribution in [0.1, 0.15) is 10.5 Å². The van der Waals surface area contributed by atoms with Crippen molar-refractivity contribution >= 4 is 23.7 Å². The highest BCUT2D eigenvalue weighted by atomic mass is 16.1. The van der Waals surface area contributed by atoms with Crippen molar-refractivity contribution in [1.82, 2.24) is 14.3 Å². The van der Waals surface area contributed by atoms with Crippen LogP contribution in [0.15, 0.2) is 12.3 Å². The van der Waals surface area contributed by atoms with E-state index in [1.165, 1.54) is 4.57 Å². The van der Waals surface area contributed by atoms with E-state index in [-0.39, 0.29) is 0 Å². The van der Waals surface area contributed by atoms with Gasteiger partial charge in [-0.1, -0.05) is 0 Å². The van der Waals surface area contributed by atoms with Crippen molar-refractivity contribution in [2.24, 2.45) is 7.05 Å². The molecule has 5 heteroatoms. The van der Waals surface area contributed by atoms with Crippen molar-refractivity contribution < 1.29 is 9.59 Å². The minimum Gasteiger partial charge on any atom is -0.296 e. The minimum atomic E-state index is 0.345. The van der Waals surface area contributed by atoms with E-state index in [2.05, 4.69) is 5.10 Å². The van der Waals surface area contributed by atoms with Crippen molar-refractivity contribution in [3.05, 3.63) is 18.0 Å². The summed E-state index contributed by atoms with van der Waals surface area (Å²) in [5, 5.41) is 4.75.